The lowest BCUT2D eigenvalue weighted by Crippen LogP contribution is -2.41. The van der Waals surface area contributed by atoms with Crippen LogP contribution in [0.2, 0.25) is 0 Å². The quantitative estimate of drug-likeness (QED) is 0.802. The van der Waals surface area contributed by atoms with Crippen LogP contribution in [0.15, 0.2) is 24.3 Å². The summed E-state index contributed by atoms with van der Waals surface area (Å²) in [6.07, 6.45) is 0.263. The number of ether oxygens (including phenoxy) is 1. The molecule has 1 aliphatic rings. The molecule has 3 N–H and O–H groups in total. The first kappa shape index (κ1) is 16.3. The van der Waals surface area contributed by atoms with Crippen LogP contribution in [-0.4, -0.2) is 43.0 Å². The van der Waals surface area contributed by atoms with Crippen molar-refractivity contribution in [2.45, 2.75) is 25.9 Å². The van der Waals surface area contributed by atoms with Gasteiger partial charge in [-0.3, -0.25) is 9.59 Å². The third-order valence-electron chi connectivity index (χ3n) is 3.86. The Morgan fingerprint density at radius 3 is 2.73 bits per heavy atom. The van der Waals surface area contributed by atoms with E-state index < -0.39 is 0 Å². The normalized spacial score (nSPS) is 19.1. The number of nitrogens with two attached hydrogens (primary N) is 1. The van der Waals surface area contributed by atoms with Gasteiger partial charge in [-0.1, -0.05) is 12.1 Å². The lowest BCUT2D eigenvalue weighted by Gasteiger charge is -2.18. The largest absolute Gasteiger partial charge is 0.497 e. The van der Waals surface area contributed by atoms with Gasteiger partial charge in [-0.2, -0.15) is 0 Å². The molecule has 1 unspecified atom stereocenters. The van der Waals surface area contributed by atoms with E-state index in [9.17, 15) is 9.59 Å². The molecule has 0 bridgehead atoms. The Labute approximate surface area is 130 Å². The van der Waals surface area contributed by atoms with Crippen molar-refractivity contribution in [2.75, 3.05) is 20.2 Å². The highest BCUT2D eigenvalue weighted by Gasteiger charge is 2.34. The number of nitrogens with zero attached hydrogens (tertiary/aromatic N) is 1. The van der Waals surface area contributed by atoms with Crippen molar-refractivity contribution in [1.82, 2.24) is 10.2 Å². The summed E-state index contributed by atoms with van der Waals surface area (Å²) in [7, 11) is 1.62. The third-order valence-corrected chi connectivity index (χ3v) is 3.86. The van der Waals surface area contributed by atoms with Gasteiger partial charge >= 0.3 is 0 Å². The highest BCUT2D eigenvalue weighted by molar-refractivity contribution is 5.89. The van der Waals surface area contributed by atoms with Crippen molar-refractivity contribution >= 4 is 11.8 Å². The molecule has 6 nitrogen and oxygen atoms in total. The van der Waals surface area contributed by atoms with E-state index in [4.69, 9.17) is 10.5 Å². The Hall–Kier alpha value is -2.08. The molecule has 0 aromatic heterocycles. The SMILES string of the molecule is COc1ccc(CN2CC(C(=O)N[C@@H](C)CN)CC2=O)cc1. The predicted molar refractivity (Wildman–Crippen MR) is 83.2 cm³/mol. The highest BCUT2D eigenvalue weighted by atomic mass is 16.5. The van der Waals surface area contributed by atoms with Crippen LogP contribution in [0.3, 0.4) is 0 Å². The third kappa shape index (κ3) is 3.98. The summed E-state index contributed by atoms with van der Waals surface area (Å²) < 4.78 is 5.11. The number of nitrogens with one attached hydrogen (secondary N) is 1. The molecular formula is C16H23N3O3. The van der Waals surface area contributed by atoms with Gasteiger partial charge in [-0.25, -0.2) is 0 Å². The fourth-order valence-electron chi connectivity index (χ4n) is 2.47. The molecular weight excluding hydrogens is 282 g/mol. The topological polar surface area (TPSA) is 84.7 Å². The molecule has 1 fully saturated rings. The van der Waals surface area contributed by atoms with E-state index >= 15 is 0 Å². The zero-order valence-corrected chi connectivity index (χ0v) is 13.0. The Morgan fingerprint density at radius 2 is 2.14 bits per heavy atom. The van der Waals surface area contributed by atoms with Gasteiger partial charge < -0.3 is 20.7 Å². The Balaban J connectivity index is 1.93. The fraction of sp³-hybridized carbons (Fsp3) is 0.500. The van der Waals surface area contributed by atoms with Crippen molar-refractivity contribution in [2.24, 2.45) is 11.7 Å². The number of rotatable bonds is 6. The molecule has 6 heteroatoms. The summed E-state index contributed by atoms with van der Waals surface area (Å²) in [5.41, 5.74) is 6.52. The summed E-state index contributed by atoms with van der Waals surface area (Å²) in [4.78, 5) is 25.9. The number of benzene rings is 1. The van der Waals surface area contributed by atoms with Gasteiger partial charge in [0, 0.05) is 32.1 Å². The minimum Gasteiger partial charge on any atom is -0.497 e. The van der Waals surface area contributed by atoms with E-state index in [1.807, 2.05) is 31.2 Å². The first-order valence-electron chi connectivity index (χ1n) is 7.44. The molecule has 1 aromatic carbocycles. The van der Waals surface area contributed by atoms with Crippen LogP contribution in [-0.2, 0) is 16.1 Å². The zero-order valence-electron chi connectivity index (χ0n) is 13.0. The maximum Gasteiger partial charge on any atom is 0.225 e. The Morgan fingerprint density at radius 1 is 1.45 bits per heavy atom. The number of carbonyl (C=O) groups is 2. The predicted octanol–water partition coefficient (Wildman–Crippen LogP) is 0.507. The van der Waals surface area contributed by atoms with Crippen LogP contribution in [0, 0.1) is 5.92 Å². The van der Waals surface area contributed by atoms with Crippen molar-refractivity contribution in [3.05, 3.63) is 29.8 Å². The second-order valence-corrected chi connectivity index (χ2v) is 5.67. The first-order chi connectivity index (χ1) is 10.5. The fourth-order valence-corrected chi connectivity index (χ4v) is 2.47. The number of hydrogen-bond donors (Lipinski definition) is 2. The minimum absolute atomic E-state index is 0.0105. The molecule has 22 heavy (non-hydrogen) atoms. The molecule has 2 amide bonds. The monoisotopic (exact) mass is 305 g/mol. The molecule has 1 aromatic rings. The van der Waals surface area contributed by atoms with Gasteiger partial charge in [0.05, 0.1) is 13.0 Å². The van der Waals surface area contributed by atoms with E-state index in [0.29, 0.717) is 19.6 Å². The van der Waals surface area contributed by atoms with Crippen LogP contribution in [0.5, 0.6) is 5.75 Å². The average molecular weight is 305 g/mol. The molecule has 1 heterocycles. The number of carbonyl (C=O) groups excluding carboxylic acids is 2. The standard InChI is InChI=1S/C16H23N3O3/c1-11(8-17)18-16(21)13-7-15(20)19(10-13)9-12-3-5-14(22-2)6-4-12/h3-6,11,13H,7-10,17H2,1-2H3,(H,18,21)/t11-,13?/m0/s1. The lowest BCUT2D eigenvalue weighted by atomic mass is 10.1. The van der Waals surface area contributed by atoms with Gasteiger partial charge in [-0.15, -0.1) is 0 Å². The van der Waals surface area contributed by atoms with Gasteiger partial charge in [0.25, 0.3) is 0 Å². The summed E-state index contributed by atoms with van der Waals surface area (Å²) in [5.74, 6) is 0.407. The maximum absolute atomic E-state index is 12.1. The molecule has 0 saturated carbocycles. The average Bonchev–Trinajstić information content (AvgIpc) is 2.89. The molecule has 0 aliphatic carbocycles. The smallest absolute Gasteiger partial charge is 0.225 e. The van der Waals surface area contributed by atoms with Crippen LogP contribution in [0.1, 0.15) is 18.9 Å². The van der Waals surface area contributed by atoms with Crippen molar-refractivity contribution in [3.63, 3.8) is 0 Å². The number of hydrogen-bond acceptors (Lipinski definition) is 4. The van der Waals surface area contributed by atoms with Crippen molar-refractivity contribution in [3.8, 4) is 5.75 Å². The second kappa shape index (κ2) is 7.26. The Bertz CT molecular complexity index is 530. The zero-order chi connectivity index (χ0) is 16.1. The van der Waals surface area contributed by atoms with E-state index in [2.05, 4.69) is 5.32 Å². The number of methoxy groups -OCH3 is 1. The molecule has 1 saturated heterocycles. The molecule has 2 atom stereocenters. The van der Waals surface area contributed by atoms with Crippen LogP contribution < -0.4 is 15.8 Å². The van der Waals surface area contributed by atoms with Gasteiger partial charge in [0.1, 0.15) is 5.75 Å². The van der Waals surface area contributed by atoms with Gasteiger partial charge in [0.15, 0.2) is 0 Å². The van der Waals surface area contributed by atoms with Crippen molar-refractivity contribution < 1.29 is 14.3 Å². The van der Waals surface area contributed by atoms with Crippen LogP contribution in [0.4, 0.5) is 0 Å². The lowest BCUT2D eigenvalue weighted by molar-refractivity contribution is -0.129. The van der Waals surface area contributed by atoms with Crippen LogP contribution >= 0.6 is 0 Å². The van der Waals surface area contributed by atoms with E-state index in [0.717, 1.165) is 11.3 Å². The summed E-state index contributed by atoms with van der Waals surface area (Å²) >= 11 is 0. The van der Waals surface area contributed by atoms with Gasteiger partial charge in [-0.05, 0) is 24.6 Å². The first-order valence-corrected chi connectivity index (χ1v) is 7.44. The van der Waals surface area contributed by atoms with E-state index in [1.165, 1.54) is 0 Å². The van der Waals surface area contributed by atoms with Crippen molar-refractivity contribution in [1.29, 1.82) is 0 Å². The number of likely N-dealkylation sites (tertiary alicyclic amines) is 1. The molecule has 1 aliphatic heterocycles. The Kier molecular flexibility index (Phi) is 5.38. The van der Waals surface area contributed by atoms with E-state index in [1.54, 1.807) is 12.0 Å². The minimum atomic E-state index is -0.292. The summed E-state index contributed by atoms with van der Waals surface area (Å²) in [6, 6.07) is 7.51. The highest BCUT2D eigenvalue weighted by Crippen LogP contribution is 2.21. The molecule has 120 valence electrons. The van der Waals surface area contributed by atoms with Crippen LogP contribution in [0.25, 0.3) is 0 Å². The molecule has 0 spiro atoms. The molecule has 2 rings (SSSR count). The summed E-state index contributed by atoms with van der Waals surface area (Å²) in [5, 5.41) is 2.83. The van der Waals surface area contributed by atoms with Gasteiger partial charge in [0.2, 0.25) is 11.8 Å². The molecule has 0 radical (unpaired) electrons. The summed E-state index contributed by atoms with van der Waals surface area (Å²) in [6.45, 7) is 3.21. The maximum atomic E-state index is 12.1. The second-order valence-electron chi connectivity index (χ2n) is 5.67. The van der Waals surface area contributed by atoms with E-state index in [-0.39, 0.29) is 30.2 Å². The number of amides is 2.